The molecule has 0 heterocycles. The van der Waals surface area contributed by atoms with Gasteiger partial charge in [0.2, 0.25) is 0 Å². The quantitative estimate of drug-likeness (QED) is 0.675. The lowest BCUT2D eigenvalue weighted by Crippen LogP contribution is -2.35. The smallest absolute Gasteiger partial charge is 0.0454 e. The number of aliphatic hydroxyl groups excluding tert-OH is 1. The van der Waals surface area contributed by atoms with Crippen molar-refractivity contribution in [1.29, 1.82) is 0 Å². The van der Waals surface area contributed by atoms with Crippen LogP contribution in [0, 0.1) is 0 Å². The van der Waals surface area contributed by atoms with Crippen LogP contribution in [0.4, 0.5) is 0 Å². The van der Waals surface area contributed by atoms with Gasteiger partial charge in [0.1, 0.15) is 0 Å². The van der Waals surface area contributed by atoms with Crippen molar-refractivity contribution in [3.63, 3.8) is 0 Å². The van der Waals surface area contributed by atoms with Gasteiger partial charge in [0.05, 0.1) is 0 Å². The molecule has 1 atom stereocenters. The molecule has 0 spiro atoms. The highest BCUT2D eigenvalue weighted by molar-refractivity contribution is 4.62. The number of aliphatic hydroxyl groups is 1. The van der Waals surface area contributed by atoms with E-state index in [2.05, 4.69) is 37.9 Å². The first-order valence-corrected chi connectivity index (χ1v) is 5.57. The van der Waals surface area contributed by atoms with Crippen molar-refractivity contribution >= 4 is 0 Å². The largest absolute Gasteiger partial charge is 0.400 e. The summed E-state index contributed by atoms with van der Waals surface area (Å²) in [6.07, 6.45) is 1.18. The van der Waals surface area contributed by atoms with Crippen LogP contribution in [0.5, 0.6) is 0 Å². The summed E-state index contributed by atoms with van der Waals surface area (Å²) in [6.45, 7) is 7.98. The van der Waals surface area contributed by atoms with Crippen LogP contribution in [0.2, 0.25) is 0 Å². The van der Waals surface area contributed by atoms with E-state index in [0.717, 1.165) is 13.7 Å². The first-order chi connectivity index (χ1) is 7.07. The average molecular weight is 221 g/mol. The molecule has 0 aromatic heterocycles. The van der Waals surface area contributed by atoms with Crippen molar-refractivity contribution in [3.8, 4) is 0 Å². The lowest BCUT2D eigenvalue weighted by atomic mass is 10.2. The highest BCUT2D eigenvalue weighted by atomic mass is 16.2. The second-order valence-electron chi connectivity index (χ2n) is 3.38. The van der Waals surface area contributed by atoms with Crippen molar-refractivity contribution < 1.29 is 5.11 Å². The molecule has 0 saturated carbocycles. The van der Waals surface area contributed by atoms with Gasteiger partial charge in [-0.1, -0.05) is 13.8 Å². The summed E-state index contributed by atoms with van der Waals surface area (Å²) in [5, 5.41) is 7.00. The van der Waals surface area contributed by atoms with Crippen molar-refractivity contribution in [2.24, 2.45) is 5.73 Å². The summed E-state index contributed by atoms with van der Waals surface area (Å²) in [5.74, 6) is 0. The van der Waals surface area contributed by atoms with Crippen LogP contribution in [0.3, 0.4) is 0 Å². The van der Waals surface area contributed by atoms with E-state index < -0.39 is 0 Å². The minimum atomic E-state index is 0.586. The summed E-state index contributed by atoms with van der Waals surface area (Å²) in [5.41, 5.74) is 5.49. The van der Waals surface area contributed by atoms with E-state index in [1.54, 1.807) is 0 Å². The van der Waals surface area contributed by atoms with E-state index in [1.807, 2.05) is 13.8 Å². The van der Waals surface area contributed by atoms with Gasteiger partial charge >= 0.3 is 0 Å². The van der Waals surface area contributed by atoms with Gasteiger partial charge in [-0.3, -0.25) is 4.90 Å². The normalized spacial score (nSPS) is 11.4. The lowest BCUT2D eigenvalue weighted by Gasteiger charge is -2.23. The minimum Gasteiger partial charge on any atom is -0.400 e. The standard InChI is InChI=1S/C8H21N3.C2H6.CH4O/c1-8(11(4)7-9)5-6-10(2)3;2*1-2/h8H,5-7,9H2,1-4H3;1-2H3;2H,1H3. The fraction of sp³-hybridized carbons (Fsp3) is 1.00. The first kappa shape index (κ1) is 20.3. The van der Waals surface area contributed by atoms with Crippen LogP contribution in [0.15, 0.2) is 0 Å². The summed E-state index contributed by atoms with van der Waals surface area (Å²) in [7, 11) is 7.24. The molecule has 0 aliphatic rings. The Morgan fingerprint density at radius 1 is 1.13 bits per heavy atom. The molecule has 4 heteroatoms. The zero-order valence-corrected chi connectivity index (χ0v) is 11.6. The summed E-state index contributed by atoms with van der Waals surface area (Å²) >= 11 is 0. The third-order valence-electron chi connectivity index (χ3n) is 2.03. The maximum atomic E-state index is 7.00. The van der Waals surface area contributed by atoms with Crippen molar-refractivity contribution in [2.75, 3.05) is 41.5 Å². The lowest BCUT2D eigenvalue weighted by molar-refractivity contribution is 0.232. The molecular weight excluding hydrogens is 190 g/mol. The fourth-order valence-corrected chi connectivity index (χ4v) is 0.845. The van der Waals surface area contributed by atoms with Crippen LogP contribution >= 0.6 is 0 Å². The first-order valence-electron chi connectivity index (χ1n) is 5.57. The van der Waals surface area contributed by atoms with Crippen molar-refractivity contribution in [1.82, 2.24) is 9.80 Å². The van der Waals surface area contributed by atoms with E-state index in [0.29, 0.717) is 12.7 Å². The summed E-state index contributed by atoms with van der Waals surface area (Å²) in [6, 6.07) is 0.586. The van der Waals surface area contributed by atoms with Crippen molar-refractivity contribution in [3.05, 3.63) is 0 Å². The molecule has 0 aromatic rings. The Balaban J connectivity index is -0.000000318. The van der Waals surface area contributed by atoms with Gasteiger partial charge in [0, 0.05) is 19.8 Å². The predicted octanol–water partition coefficient (Wildman–Crippen LogP) is 0.809. The Morgan fingerprint density at radius 3 is 1.80 bits per heavy atom. The number of nitrogens with zero attached hydrogens (tertiary/aromatic N) is 2. The number of hydrogen-bond acceptors (Lipinski definition) is 4. The zero-order chi connectivity index (χ0) is 12.9. The monoisotopic (exact) mass is 221 g/mol. The third kappa shape index (κ3) is 16.5. The summed E-state index contributed by atoms with van der Waals surface area (Å²) < 4.78 is 0. The van der Waals surface area contributed by atoms with E-state index >= 15 is 0 Å². The van der Waals surface area contributed by atoms with Gasteiger partial charge in [0.25, 0.3) is 0 Å². The fourth-order valence-electron chi connectivity index (χ4n) is 0.845. The van der Waals surface area contributed by atoms with Gasteiger partial charge in [-0.05, 0) is 41.0 Å². The third-order valence-corrected chi connectivity index (χ3v) is 2.03. The van der Waals surface area contributed by atoms with Crippen LogP contribution in [0.1, 0.15) is 27.2 Å². The molecule has 0 fully saturated rings. The second-order valence-corrected chi connectivity index (χ2v) is 3.38. The van der Waals surface area contributed by atoms with E-state index in [-0.39, 0.29) is 0 Å². The van der Waals surface area contributed by atoms with Crippen LogP contribution < -0.4 is 5.73 Å². The second kappa shape index (κ2) is 16.3. The molecule has 0 aliphatic carbocycles. The van der Waals surface area contributed by atoms with Crippen LogP contribution in [-0.4, -0.2) is 62.4 Å². The Hall–Kier alpha value is -0.160. The van der Waals surface area contributed by atoms with Gasteiger partial charge in [0.15, 0.2) is 0 Å². The van der Waals surface area contributed by atoms with E-state index in [9.17, 15) is 0 Å². The number of rotatable bonds is 5. The molecule has 0 amide bonds. The molecular formula is C11H31N3O. The molecule has 96 valence electrons. The molecule has 0 bridgehead atoms. The Labute approximate surface area is 96.1 Å². The van der Waals surface area contributed by atoms with Gasteiger partial charge in [-0.15, -0.1) is 0 Å². The molecule has 0 aromatic carbocycles. The summed E-state index contributed by atoms with van der Waals surface area (Å²) in [4.78, 5) is 4.35. The van der Waals surface area contributed by atoms with E-state index in [1.165, 1.54) is 6.42 Å². The maximum Gasteiger partial charge on any atom is 0.0454 e. The Bertz CT molecular complexity index is 99.8. The average Bonchev–Trinajstić information content (AvgIpc) is 2.30. The number of hydrogen-bond donors (Lipinski definition) is 2. The highest BCUT2D eigenvalue weighted by Gasteiger charge is 2.06. The molecule has 0 saturated heterocycles. The van der Waals surface area contributed by atoms with Crippen LogP contribution in [-0.2, 0) is 0 Å². The Morgan fingerprint density at radius 2 is 1.53 bits per heavy atom. The zero-order valence-electron chi connectivity index (χ0n) is 11.6. The SMILES string of the molecule is CC.CC(CCN(C)C)N(C)CN.CO. The molecule has 4 nitrogen and oxygen atoms in total. The van der Waals surface area contributed by atoms with Gasteiger partial charge in [-0.25, -0.2) is 0 Å². The molecule has 0 rings (SSSR count). The predicted molar refractivity (Wildman–Crippen MR) is 68.9 cm³/mol. The number of nitrogens with two attached hydrogens (primary N) is 1. The molecule has 3 N–H and O–H groups in total. The molecule has 0 radical (unpaired) electrons. The molecule has 1 unspecified atom stereocenters. The maximum absolute atomic E-state index is 7.00. The molecule has 0 aliphatic heterocycles. The van der Waals surface area contributed by atoms with E-state index in [4.69, 9.17) is 10.8 Å². The van der Waals surface area contributed by atoms with Crippen LogP contribution in [0.25, 0.3) is 0 Å². The molecule has 15 heavy (non-hydrogen) atoms. The topological polar surface area (TPSA) is 52.7 Å². The van der Waals surface area contributed by atoms with Gasteiger partial charge < -0.3 is 15.7 Å². The Kier molecular flexibility index (Phi) is 22.0. The minimum absolute atomic E-state index is 0.586. The van der Waals surface area contributed by atoms with Crippen molar-refractivity contribution in [2.45, 2.75) is 33.2 Å². The highest BCUT2D eigenvalue weighted by Crippen LogP contribution is 1.98. The van der Waals surface area contributed by atoms with Gasteiger partial charge in [-0.2, -0.15) is 0 Å².